The van der Waals surface area contributed by atoms with Crippen molar-refractivity contribution < 1.29 is 33.5 Å². The van der Waals surface area contributed by atoms with E-state index in [1.807, 2.05) is 24.3 Å². The van der Waals surface area contributed by atoms with Crippen molar-refractivity contribution in [3.8, 4) is 0 Å². The van der Waals surface area contributed by atoms with E-state index >= 15 is 0 Å². The molecule has 42 heavy (non-hydrogen) atoms. The van der Waals surface area contributed by atoms with Crippen LogP contribution in [0.4, 0.5) is 0 Å². The van der Waals surface area contributed by atoms with E-state index in [2.05, 4.69) is 21.6 Å². The molecule has 0 bridgehead atoms. The fourth-order valence-electron chi connectivity index (χ4n) is 3.84. The monoisotopic (exact) mass is 587 g/mol. The summed E-state index contributed by atoms with van der Waals surface area (Å²) in [6, 6.07) is 22.9. The van der Waals surface area contributed by atoms with Gasteiger partial charge >= 0.3 is 17.9 Å². The SMILES string of the molecule is CCCCCCC(=NOC(=O)c1ccccc1)C(=O)c1ccc(Sc2ccc(C=C(C(=O)OC)C(=O)OC)cc2)cc1. The Bertz CT molecular complexity index is 1410. The summed E-state index contributed by atoms with van der Waals surface area (Å²) < 4.78 is 9.31. The van der Waals surface area contributed by atoms with E-state index in [0.29, 0.717) is 23.1 Å². The highest BCUT2D eigenvalue weighted by atomic mass is 32.2. The third-order valence-electron chi connectivity index (χ3n) is 6.13. The standard InChI is InChI=1S/C33H33NO7S/c1-4-5-6-10-13-29(34-41-31(36)25-11-8-7-9-12-25)30(35)24-16-20-27(21-17-24)42-26-18-14-23(15-19-26)22-28(32(37)39-2)33(38)40-3/h7-9,11-12,14-22H,4-6,10,13H2,1-3H3. The lowest BCUT2D eigenvalue weighted by Crippen LogP contribution is -2.16. The van der Waals surface area contributed by atoms with Crippen LogP contribution in [-0.4, -0.2) is 43.6 Å². The second-order valence-corrected chi connectivity index (χ2v) is 10.3. The predicted molar refractivity (Wildman–Crippen MR) is 161 cm³/mol. The highest BCUT2D eigenvalue weighted by Crippen LogP contribution is 2.28. The summed E-state index contributed by atoms with van der Waals surface area (Å²) in [5.74, 6) is -2.46. The van der Waals surface area contributed by atoms with Crippen LogP contribution in [0.15, 0.2) is 99.4 Å². The first-order valence-electron chi connectivity index (χ1n) is 13.5. The molecule has 3 rings (SSSR count). The Morgan fingerprint density at radius 1 is 0.738 bits per heavy atom. The first-order chi connectivity index (χ1) is 20.4. The van der Waals surface area contributed by atoms with Gasteiger partial charge in [-0.05, 0) is 73.0 Å². The number of Topliss-reactive ketones (excluding diaryl/α,β-unsaturated/α-hetero) is 1. The van der Waals surface area contributed by atoms with Gasteiger partial charge in [0.05, 0.1) is 19.8 Å². The molecule has 8 nitrogen and oxygen atoms in total. The smallest absolute Gasteiger partial charge is 0.365 e. The van der Waals surface area contributed by atoms with Gasteiger partial charge in [-0.25, -0.2) is 14.4 Å². The lowest BCUT2D eigenvalue weighted by Gasteiger charge is -2.08. The molecule has 0 N–H and O–H groups in total. The summed E-state index contributed by atoms with van der Waals surface area (Å²) in [7, 11) is 2.39. The second-order valence-electron chi connectivity index (χ2n) is 9.16. The minimum atomic E-state index is -0.779. The fraction of sp³-hybridized carbons (Fsp3) is 0.242. The molecular weight excluding hydrogens is 554 g/mol. The van der Waals surface area contributed by atoms with E-state index in [9.17, 15) is 19.2 Å². The van der Waals surface area contributed by atoms with E-state index in [-0.39, 0.29) is 17.1 Å². The summed E-state index contributed by atoms with van der Waals surface area (Å²) in [5.41, 5.74) is 1.44. The van der Waals surface area contributed by atoms with E-state index < -0.39 is 17.9 Å². The van der Waals surface area contributed by atoms with Gasteiger partial charge in [0.2, 0.25) is 5.78 Å². The fourth-order valence-corrected chi connectivity index (χ4v) is 4.66. The molecule has 0 spiro atoms. The molecule has 0 fully saturated rings. The van der Waals surface area contributed by atoms with Gasteiger partial charge in [-0.1, -0.05) is 73.4 Å². The van der Waals surface area contributed by atoms with Crippen LogP contribution in [0.1, 0.15) is 65.3 Å². The molecular formula is C33H33NO7S. The van der Waals surface area contributed by atoms with E-state index in [1.54, 1.807) is 54.6 Å². The zero-order valence-electron chi connectivity index (χ0n) is 23.8. The Balaban J connectivity index is 1.70. The average molecular weight is 588 g/mol. The summed E-state index contributed by atoms with van der Waals surface area (Å²) >= 11 is 1.48. The number of ether oxygens (including phenoxy) is 2. The van der Waals surface area contributed by atoms with Crippen LogP contribution >= 0.6 is 11.8 Å². The molecule has 0 saturated carbocycles. The molecule has 3 aromatic rings. The van der Waals surface area contributed by atoms with Crippen LogP contribution < -0.4 is 0 Å². The van der Waals surface area contributed by atoms with Crippen LogP contribution in [0.5, 0.6) is 0 Å². The molecule has 0 atom stereocenters. The molecule has 9 heteroatoms. The van der Waals surface area contributed by atoms with Crippen molar-refractivity contribution in [3.05, 3.63) is 101 Å². The van der Waals surface area contributed by atoms with Gasteiger partial charge in [0.1, 0.15) is 11.3 Å². The van der Waals surface area contributed by atoms with Crippen LogP contribution in [0, 0.1) is 0 Å². The van der Waals surface area contributed by atoms with Crippen molar-refractivity contribution in [1.29, 1.82) is 0 Å². The van der Waals surface area contributed by atoms with Gasteiger partial charge < -0.3 is 14.3 Å². The molecule has 0 saturated heterocycles. The van der Waals surface area contributed by atoms with Crippen molar-refractivity contribution in [1.82, 2.24) is 0 Å². The molecule has 0 aliphatic heterocycles. The first kappa shape index (κ1) is 32.0. The van der Waals surface area contributed by atoms with Gasteiger partial charge in [0.25, 0.3) is 0 Å². The summed E-state index contributed by atoms with van der Waals surface area (Å²) in [5, 5.41) is 3.98. The zero-order chi connectivity index (χ0) is 30.3. The number of hydrogen-bond donors (Lipinski definition) is 0. The Morgan fingerprint density at radius 2 is 1.33 bits per heavy atom. The summed E-state index contributed by atoms with van der Waals surface area (Å²) in [6.45, 7) is 2.11. The number of unbranched alkanes of at least 4 members (excludes halogenated alkanes) is 3. The summed E-state index contributed by atoms with van der Waals surface area (Å²) in [6.07, 6.45) is 5.64. The number of carbonyl (C=O) groups is 4. The third-order valence-corrected chi connectivity index (χ3v) is 7.15. The van der Waals surface area contributed by atoms with Crippen molar-refractivity contribution in [2.24, 2.45) is 5.16 Å². The number of oxime groups is 1. The second kappa shape index (κ2) is 16.7. The molecule has 0 aliphatic carbocycles. The maximum atomic E-state index is 13.3. The van der Waals surface area contributed by atoms with Crippen molar-refractivity contribution in [3.63, 3.8) is 0 Å². The molecule has 0 aromatic heterocycles. The van der Waals surface area contributed by atoms with Crippen molar-refractivity contribution >= 4 is 47.2 Å². The first-order valence-corrected chi connectivity index (χ1v) is 14.3. The molecule has 218 valence electrons. The number of rotatable bonds is 14. The Morgan fingerprint density at radius 3 is 1.90 bits per heavy atom. The Hall–Kier alpha value is -4.50. The number of ketones is 1. The molecule has 0 heterocycles. The number of benzene rings is 3. The van der Waals surface area contributed by atoms with Crippen LogP contribution in [0.25, 0.3) is 6.08 Å². The quantitative estimate of drug-likeness (QED) is 0.0230. The van der Waals surface area contributed by atoms with Gasteiger partial charge in [-0.2, -0.15) is 0 Å². The Kier molecular flexibility index (Phi) is 12.7. The normalized spacial score (nSPS) is 10.9. The number of esters is 2. The number of nitrogens with zero attached hydrogens (tertiary/aromatic N) is 1. The van der Waals surface area contributed by atoms with Gasteiger partial charge in [-0.15, -0.1) is 0 Å². The van der Waals surface area contributed by atoms with E-state index in [0.717, 1.165) is 35.5 Å². The predicted octanol–water partition coefficient (Wildman–Crippen LogP) is 6.93. The maximum Gasteiger partial charge on any atom is 0.365 e. The molecule has 0 amide bonds. The van der Waals surface area contributed by atoms with Crippen LogP contribution in [0.2, 0.25) is 0 Å². The molecule has 0 aliphatic rings. The molecule has 3 aromatic carbocycles. The average Bonchev–Trinajstić information content (AvgIpc) is 3.03. The number of methoxy groups -OCH3 is 2. The summed E-state index contributed by atoms with van der Waals surface area (Å²) in [4.78, 5) is 56.4. The van der Waals surface area contributed by atoms with E-state index in [1.165, 1.54) is 32.1 Å². The maximum absolute atomic E-state index is 13.3. The van der Waals surface area contributed by atoms with Crippen molar-refractivity contribution in [2.45, 2.75) is 48.8 Å². The molecule has 0 unspecified atom stereocenters. The number of carbonyl (C=O) groups excluding carboxylic acids is 4. The Labute approximate surface area is 249 Å². The van der Waals surface area contributed by atoms with Crippen molar-refractivity contribution in [2.75, 3.05) is 14.2 Å². The third kappa shape index (κ3) is 9.55. The highest BCUT2D eigenvalue weighted by molar-refractivity contribution is 7.99. The largest absolute Gasteiger partial charge is 0.465 e. The van der Waals surface area contributed by atoms with Gasteiger partial charge in [0.15, 0.2) is 0 Å². The molecule has 0 radical (unpaired) electrons. The van der Waals surface area contributed by atoms with Gasteiger partial charge in [-0.3, -0.25) is 4.79 Å². The topological polar surface area (TPSA) is 108 Å². The van der Waals surface area contributed by atoms with E-state index in [4.69, 9.17) is 4.84 Å². The van der Waals surface area contributed by atoms with Crippen LogP contribution in [0.3, 0.4) is 0 Å². The number of hydrogen-bond acceptors (Lipinski definition) is 9. The highest BCUT2D eigenvalue weighted by Gasteiger charge is 2.20. The zero-order valence-corrected chi connectivity index (χ0v) is 24.6. The van der Waals surface area contributed by atoms with Crippen LogP contribution in [-0.2, 0) is 23.9 Å². The minimum absolute atomic E-state index is 0.205. The lowest BCUT2D eigenvalue weighted by molar-refractivity contribution is -0.143. The lowest BCUT2D eigenvalue weighted by atomic mass is 10.0. The van der Waals surface area contributed by atoms with Gasteiger partial charge in [0, 0.05) is 15.4 Å². The minimum Gasteiger partial charge on any atom is -0.465 e.